The van der Waals surface area contributed by atoms with Gasteiger partial charge < -0.3 is 35.0 Å². The first kappa shape index (κ1) is 35.4. The largest absolute Gasteiger partial charge is 0.381 e. The third-order valence-corrected chi connectivity index (χ3v) is 10.6. The Labute approximate surface area is 291 Å². The first-order chi connectivity index (χ1) is 23.8. The first-order valence-electron chi connectivity index (χ1n) is 18.2. The normalized spacial score (nSPS) is 20.3. The van der Waals surface area contributed by atoms with Crippen molar-refractivity contribution in [3.63, 3.8) is 0 Å². The van der Waals surface area contributed by atoms with Gasteiger partial charge in [0.25, 0.3) is 5.91 Å². The number of piperidine rings is 1. The predicted octanol–water partition coefficient (Wildman–Crippen LogP) is 1.73. The lowest BCUT2D eigenvalue weighted by molar-refractivity contribution is -0.134. The number of carbonyl (C=O) groups excluding carboxylic acids is 3. The monoisotopic (exact) mass is 674 g/mol. The molecule has 6 rings (SSSR count). The second kappa shape index (κ2) is 17.0. The van der Waals surface area contributed by atoms with Gasteiger partial charge in [0, 0.05) is 96.2 Å². The van der Waals surface area contributed by atoms with Crippen LogP contribution in [0.25, 0.3) is 11.1 Å². The zero-order valence-corrected chi connectivity index (χ0v) is 29.4. The van der Waals surface area contributed by atoms with Gasteiger partial charge in [0.2, 0.25) is 11.8 Å². The van der Waals surface area contributed by atoms with E-state index in [1.165, 1.54) is 5.56 Å². The molecule has 0 bridgehead atoms. The summed E-state index contributed by atoms with van der Waals surface area (Å²) in [7, 11) is 2.11. The third-order valence-electron chi connectivity index (χ3n) is 10.6. The maximum absolute atomic E-state index is 13.9. The number of nitrogens with one attached hydrogen (secondary N) is 2. The summed E-state index contributed by atoms with van der Waals surface area (Å²) in [4.78, 5) is 55.3. The van der Waals surface area contributed by atoms with E-state index in [1.54, 1.807) is 6.20 Å². The number of amides is 3. The van der Waals surface area contributed by atoms with Crippen LogP contribution in [0.3, 0.4) is 0 Å². The number of rotatable bonds is 12. The molecule has 0 aliphatic carbocycles. The molecule has 49 heavy (non-hydrogen) atoms. The number of hydrogen-bond donors (Lipinski definition) is 2. The number of aromatic nitrogens is 1. The number of likely N-dealkylation sites (N-methyl/N-ethyl adjacent to an activating group) is 1. The first-order valence-corrected chi connectivity index (χ1v) is 18.2. The number of likely N-dealkylation sites (tertiary alicyclic amines) is 1. The maximum Gasteiger partial charge on any atom is 0.274 e. The van der Waals surface area contributed by atoms with Gasteiger partial charge in [-0.1, -0.05) is 31.2 Å². The molecule has 2 N–H and O–H groups in total. The lowest BCUT2D eigenvalue weighted by atomic mass is 9.95. The van der Waals surface area contributed by atoms with Crippen LogP contribution in [0.4, 0.5) is 5.69 Å². The van der Waals surface area contributed by atoms with Crippen molar-refractivity contribution in [3.8, 4) is 11.1 Å². The van der Waals surface area contributed by atoms with Crippen molar-refractivity contribution in [2.75, 3.05) is 117 Å². The number of aryl methyl sites for hydroxylation is 1. The van der Waals surface area contributed by atoms with Crippen molar-refractivity contribution in [3.05, 3.63) is 47.8 Å². The van der Waals surface area contributed by atoms with E-state index in [9.17, 15) is 14.4 Å². The molecule has 266 valence electrons. The molecular formula is C37H54N8O4. The summed E-state index contributed by atoms with van der Waals surface area (Å²) in [6.45, 7) is 14.7. The van der Waals surface area contributed by atoms with E-state index < -0.39 is 0 Å². The minimum absolute atomic E-state index is 0.138. The molecule has 4 aliphatic heterocycles. The molecule has 5 heterocycles. The number of nitrogens with zero attached hydrogens (tertiary/aromatic N) is 6. The van der Waals surface area contributed by atoms with Crippen LogP contribution in [-0.4, -0.2) is 159 Å². The molecule has 2 aromatic rings. The molecule has 3 amide bonds. The second-order valence-electron chi connectivity index (χ2n) is 14.3. The van der Waals surface area contributed by atoms with Gasteiger partial charge in [0.1, 0.15) is 0 Å². The highest BCUT2D eigenvalue weighted by Gasteiger charge is 2.30. The average Bonchev–Trinajstić information content (AvgIpc) is 3.10. The standard InChI is InChI=1S/C37H54N8O4/c1-3-28-5-4-6-31(19-28)32-20-33(40-34(46)23-38-21-30-26-49-27-30)36(39-22-32)37(48)45-9-7-29(8-10-45)24-42-13-15-43(16-14-42)25-35(47)44-17-11-41(2)12-18-44/h4-6,19-20,22,29-30,38H,3,7-18,21,23-27H2,1-2H3,(H,40,46). The summed E-state index contributed by atoms with van der Waals surface area (Å²) >= 11 is 0. The maximum atomic E-state index is 13.9. The van der Waals surface area contributed by atoms with Gasteiger partial charge >= 0.3 is 0 Å². The predicted molar refractivity (Wildman–Crippen MR) is 190 cm³/mol. The fraction of sp³-hybridized carbons (Fsp3) is 0.622. The van der Waals surface area contributed by atoms with E-state index in [0.717, 1.165) is 109 Å². The van der Waals surface area contributed by atoms with Crippen LogP contribution < -0.4 is 10.6 Å². The Hall–Kier alpha value is -3.42. The van der Waals surface area contributed by atoms with Crippen LogP contribution in [0, 0.1) is 11.8 Å². The Morgan fingerprint density at radius 3 is 2.29 bits per heavy atom. The molecule has 1 aromatic heterocycles. The minimum atomic E-state index is -0.196. The Bertz CT molecular complexity index is 1430. The minimum Gasteiger partial charge on any atom is -0.381 e. The molecule has 0 saturated carbocycles. The van der Waals surface area contributed by atoms with Crippen LogP contribution in [0.1, 0.15) is 35.8 Å². The summed E-state index contributed by atoms with van der Waals surface area (Å²) in [5.41, 5.74) is 3.83. The topological polar surface area (TPSA) is 114 Å². The number of ether oxygens (including phenoxy) is 1. The average molecular weight is 675 g/mol. The van der Waals surface area contributed by atoms with Gasteiger partial charge in [-0.05, 0) is 49.4 Å². The molecule has 4 aliphatic rings. The molecule has 0 atom stereocenters. The van der Waals surface area contributed by atoms with E-state index in [1.807, 2.05) is 28.0 Å². The summed E-state index contributed by atoms with van der Waals surface area (Å²) in [5.74, 6) is 0.887. The zero-order chi connectivity index (χ0) is 34.2. The Morgan fingerprint density at radius 1 is 0.857 bits per heavy atom. The van der Waals surface area contributed by atoms with Crippen molar-refractivity contribution < 1.29 is 19.1 Å². The molecule has 0 radical (unpaired) electrons. The summed E-state index contributed by atoms with van der Waals surface area (Å²) in [6.07, 6.45) is 4.54. The Balaban J connectivity index is 1.01. The third kappa shape index (κ3) is 9.64. The molecular weight excluding hydrogens is 620 g/mol. The molecule has 0 spiro atoms. The van der Waals surface area contributed by atoms with Crippen LogP contribution in [0.5, 0.6) is 0 Å². The lowest BCUT2D eigenvalue weighted by Gasteiger charge is -2.39. The van der Waals surface area contributed by atoms with Gasteiger partial charge in [-0.25, -0.2) is 4.98 Å². The molecule has 12 nitrogen and oxygen atoms in total. The smallest absolute Gasteiger partial charge is 0.274 e. The van der Waals surface area contributed by atoms with Gasteiger partial charge in [-0.3, -0.25) is 19.3 Å². The molecule has 1 aromatic carbocycles. The number of carbonyl (C=O) groups is 3. The van der Waals surface area contributed by atoms with Crippen LogP contribution in [0.2, 0.25) is 0 Å². The van der Waals surface area contributed by atoms with Crippen LogP contribution >= 0.6 is 0 Å². The molecule has 12 heteroatoms. The SMILES string of the molecule is CCc1cccc(-c2cnc(C(=O)N3CCC(CN4CCN(CC(=O)N5CCN(C)CC5)CC4)CC3)c(NC(=O)CNCC3COC3)c2)c1. The summed E-state index contributed by atoms with van der Waals surface area (Å²) < 4.78 is 5.23. The van der Waals surface area contributed by atoms with Gasteiger partial charge in [-0.2, -0.15) is 0 Å². The van der Waals surface area contributed by atoms with Crippen molar-refractivity contribution in [2.45, 2.75) is 26.2 Å². The molecule has 0 unspecified atom stereocenters. The van der Waals surface area contributed by atoms with Crippen LogP contribution in [-0.2, 0) is 20.7 Å². The number of anilines is 1. The highest BCUT2D eigenvalue weighted by atomic mass is 16.5. The fourth-order valence-electron chi connectivity index (χ4n) is 7.16. The van der Waals surface area contributed by atoms with Crippen LogP contribution in [0.15, 0.2) is 36.5 Å². The molecule has 4 saturated heterocycles. The fourth-order valence-corrected chi connectivity index (χ4v) is 7.16. The van der Waals surface area contributed by atoms with Crippen molar-refractivity contribution >= 4 is 23.4 Å². The van der Waals surface area contributed by atoms with E-state index >= 15 is 0 Å². The van der Waals surface area contributed by atoms with E-state index in [2.05, 4.69) is 56.4 Å². The number of pyridine rings is 1. The molecule has 4 fully saturated rings. The number of benzene rings is 1. The van der Waals surface area contributed by atoms with E-state index in [4.69, 9.17) is 4.74 Å². The van der Waals surface area contributed by atoms with Crippen molar-refractivity contribution in [1.29, 1.82) is 0 Å². The zero-order valence-electron chi connectivity index (χ0n) is 29.4. The Kier molecular flexibility index (Phi) is 12.3. The second-order valence-corrected chi connectivity index (χ2v) is 14.3. The van der Waals surface area contributed by atoms with E-state index in [0.29, 0.717) is 37.2 Å². The van der Waals surface area contributed by atoms with Crippen molar-refractivity contribution in [1.82, 2.24) is 34.8 Å². The van der Waals surface area contributed by atoms with Gasteiger partial charge in [0.05, 0.1) is 32.0 Å². The number of hydrogen-bond acceptors (Lipinski definition) is 9. The summed E-state index contributed by atoms with van der Waals surface area (Å²) in [6, 6.07) is 10.2. The lowest BCUT2D eigenvalue weighted by Crippen LogP contribution is -2.53. The van der Waals surface area contributed by atoms with Gasteiger partial charge in [-0.15, -0.1) is 0 Å². The quantitative estimate of drug-likeness (QED) is 0.348. The highest BCUT2D eigenvalue weighted by molar-refractivity contribution is 6.03. The summed E-state index contributed by atoms with van der Waals surface area (Å²) in [5, 5.41) is 6.21. The van der Waals surface area contributed by atoms with E-state index in [-0.39, 0.29) is 30.0 Å². The van der Waals surface area contributed by atoms with Crippen molar-refractivity contribution in [2.24, 2.45) is 11.8 Å². The van der Waals surface area contributed by atoms with Gasteiger partial charge in [0.15, 0.2) is 5.69 Å². The number of piperazine rings is 2. The highest BCUT2D eigenvalue weighted by Crippen LogP contribution is 2.28. The Morgan fingerprint density at radius 2 is 1.59 bits per heavy atom.